The molecule has 1 N–H and O–H groups in total. The largest absolute Gasteiger partial charge is 0.349 e. The Bertz CT molecular complexity index is 831. The summed E-state index contributed by atoms with van der Waals surface area (Å²) in [7, 11) is 0. The third-order valence-corrected chi connectivity index (χ3v) is 4.39. The number of aromatic amines is 1. The first-order chi connectivity index (χ1) is 9.67. The Morgan fingerprint density at radius 1 is 1.30 bits per heavy atom. The molecule has 0 spiro atoms. The van der Waals surface area contributed by atoms with Crippen molar-refractivity contribution in [2.75, 3.05) is 12.5 Å². The smallest absolute Gasteiger partial charge is 0.288 e. The number of nitrogens with zero attached hydrogens (tertiary/aromatic N) is 2. The Morgan fingerprint density at radius 3 is 2.60 bits per heavy atom. The SMILES string of the molecule is C\C=C/C=c1\c(=C/C)[nH]c2c(=O)n(SC)c(SC)nc12. The van der Waals surface area contributed by atoms with Crippen molar-refractivity contribution in [2.24, 2.45) is 0 Å². The molecule has 4 nitrogen and oxygen atoms in total. The zero-order valence-corrected chi connectivity index (χ0v) is 13.6. The summed E-state index contributed by atoms with van der Waals surface area (Å²) in [6.45, 7) is 3.91. The number of aromatic nitrogens is 3. The van der Waals surface area contributed by atoms with Crippen molar-refractivity contribution in [3.05, 3.63) is 33.1 Å². The molecule has 0 aliphatic carbocycles. The summed E-state index contributed by atoms with van der Waals surface area (Å²) in [6, 6.07) is 0. The Morgan fingerprint density at radius 2 is 2.05 bits per heavy atom. The van der Waals surface area contributed by atoms with E-state index in [0.29, 0.717) is 10.7 Å². The molecule has 0 aliphatic rings. The third-order valence-electron chi connectivity index (χ3n) is 2.93. The molecule has 0 aliphatic heterocycles. The molecule has 2 heterocycles. The van der Waals surface area contributed by atoms with Gasteiger partial charge < -0.3 is 4.98 Å². The zero-order chi connectivity index (χ0) is 14.7. The molecular weight excluding hydrogens is 290 g/mol. The highest BCUT2D eigenvalue weighted by Crippen LogP contribution is 2.15. The summed E-state index contributed by atoms with van der Waals surface area (Å²) in [4.78, 5) is 20.3. The summed E-state index contributed by atoms with van der Waals surface area (Å²) in [5.41, 5.74) is 1.24. The van der Waals surface area contributed by atoms with Gasteiger partial charge in [0.25, 0.3) is 5.56 Å². The van der Waals surface area contributed by atoms with Crippen molar-refractivity contribution in [2.45, 2.75) is 19.0 Å². The van der Waals surface area contributed by atoms with E-state index in [4.69, 9.17) is 0 Å². The van der Waals surface area contributed by atoms with Crippen LogP contribution in [0.5, 0.6) is 0 Å². The maximum atomic E-state index is 12.5. The number of allylic oxidation sites excluding steroid dienone is 2. The minimum Gasteiger partial charge on any atom is -0.349 e. The van der Waals surface area contributed by atoms with Crippen LogP contribution in [0.3, 0.4) is 0 Å². The highest BCUT2D eigenvalue weighted by Gasteiger charge is 2.12. The van der Waals surface area contributed by atoms with Crippen LogP contribution < -0.4 is 16.1 Å². The van der Waals surface area contributed by atoms with E-state index in [2.05, 4.69) is 9.97 Å². The molecule has 2 rings (SSSR count). The zero-order valence-electron chi connectivity index (χ0n) is 11.9. The molecule has 2 aromatic rings. The second-order valence-corrected chi connectivity index (χ2v) is 5.54. The van der Waals surface area contributed by atoms with Gasteiger partial charge in [-0.1, -0.05) is 36.1 Å². The normalized spacial score (nSPS) is 14.0. The van der Waals surface area contributed by atoms with Crippen LogP contribution in [0.1, 0.15) is 13.8 Å². The summed E-state index contributed by atoms with van der Waals surface area (Å²) in [5.74, 6) is 0. The second kappa shape index (κ2) is 6.37. The average Bonchev–Trinajstić information content (AvgIpc) is 2.82. The number of hydrogen-bond acceptors (Lipinski definition) is 4. The van der Waals surface area contributed by atoms with Crippen molar-refractivity contribution in [3.8, 4) is 0 Å². The minimum absolute atomic E-state index is 0.0462. The minimum atomic E-state index is -0.0462. The molecular formula is C14H17N3OS2. The van der Waals surface area contributed by atoms with Crippen LogP contribution >= 0.6 is 23.7 Å². The first-order valence-corrected chi connectivity index (χ1v) is 8.61. The topological polar surface area (TPSA) is 50.7 Å². The summed E-state index contributed by atoms with van der Waals surface area (Å²) < 4.78 is 1.61. The van der Waals surface area contributed by atoms with Gasteiger partial charge in [0.2, 0.25) is 0 Å². The lowest BCUT2D eigenvalue weighted by atomic mass is 10.3. The molecule has 0 unspecified atom stereocenters. The van der Waals surface area contributed by atoms with Gasteiger partial charge in [-0.05, 0) is 32.1 Å². The van der Waals surface area contributed by atoms with Gasteiger partial charge in [-0.2, -0.15) is 0 Å². The van der Waals surface area contributed by atoms with Gasteiger partial charge >= 0.3 is 0 Å². The van der Waals surface area contributed by atoms with Crippen molar-refractivity contribution < 1.29 is 0 Å². The molecule has 20 heavy (non-hydrogen) atoms. The van der Waals surface area contributed by atoms with Crippen LogP contribution in [-0.4, -0.2) is 26.5 Å². The van der Waals surface area contributed by atoms with Crippen molar-refractivity contribution >= 4 is 46.9 Å². The Hall–Kier alpha value is -1.40. The number of rotatable bonds is 3. The van der Waals surface area contributed by atoms with Crippen LogP contribution in [0, 0.1) is 0 Å². The Labute approximate surface area is 125 Å². The lowest BCUT2D eigenvalue weighted by molar-refractivity contribution is 0.919. The van der Waals surface area contributed by atoms with E-state index in [-0.39, 0.29) is 5.56 Å². The predicted octanol–water partition coefficient (Wildman–Crippen LogP) is 1.73. The lowest BCUT2D eigenvalue weighted by Crippen LogP contribution is -2.22. The maximum Gasteiger partial charge on any atom is 0.288 e. The number of hydrogen-bond donors (Lipinski definition) is 1. The maximum absolute atomic E-state index is 12.5. The second-order valence-electron chi connectivity index (χ2n) is 4.04. The standard InChI is InChI=1S/C14H17N3OS2/c1-5-7-8-9-10(6-2)15-12-11(9)16-14(19-3)17(20-4)13(12)18/h5-8,15H,1-4H3/b7-5-,9-8+,10-6+. The highest BCUT2D eigenvalue weighted by molar-refractivity contribution is 8.00. The van der Waals surface area contributed by atoms with Crippen LogP contribution in [0.4, 0.5) is 0 Å². The fourth-order valence-corrected chi connectivity index (χ4v) is 3.33. The first-order valence-electron chi connectivity index (χ1n) is 6.20. The van der Waals surface area contributed by atoms with E-state index < -0.39 is 0 Å². The van der Waals surface area contributed by atoms with Crippen LogP contribution in [0.15, 0.2) is 22.1 Å². The van der Waals surface area contributed by atoms with Crippen LogP contribution in [-0.2, 0) is 0 Å². The summed E-state index contributed by atoms with van der Waals surface area (Å²) in [5, 5.41) is 2.60. The van der Waals surface area contributed by atoms with E-state index >= 15 is 0 Å². The van der Waals surface area contributed by atoms with Gasteiger partial charge in [0, 0.05) is 16.8 Å². The average molecular weight is 307 g/mol. The highest BCUT2D eigenvalue weighted by atomic mass is 32.2. The first kappa shape index (κ1) is 15.0. The molecule has 2 aromatic heterocycles. The summed E-state index contributed by atoms with van der Waals surface area (Å²) >= 11 is 2.84. The van der Waals surface area contributed by atoms with E-state index in [1.165, 1.54) is 23.7 Å². The quantitative estimate of drug-likeness (QED) is 0.693. The monoisotopic (exact) mass is 307 g/mol. The molecule has 0 saturated carbocycles. The molecule has 0 amide bonds. The van der Waals surface area contributed by atoms with Gasteiger partial charge in [-0.3, -0.25) is 4.79 Å². The van der Waals surface area contributed by atoms with E-state index in [0.717, 1.165) is 16.1 Å². The Kier molecular flexibility index (Phi) is 4.77. The molecule has 0 fully saturated rings. The fourth-order valence-electron chi connectivity index (χ4n) is 2.00. The van der Waals surface area contributed by atoms with Gasteiger partial charge in [0.05, 0.1) is 0 Å². The third kappa shape index (κ3) is 2.45. The number of H-pyrrole nitrogens is 1. The fraction of sp³-hybridized carbons (Fsp3) is 0.286. The van der Waals surface area contributed by atoms with E-state index in [9.17, 15) is 4.79 Å². The predicted molar refractivity (Wildman–Crippen MR) is 89.7 cm³/mol. The van der Waals surface area contributed by atoms with Gasteiger partial charge in [0.1, 0.15) is 11.0 Å². The van der Waals surface area contributed by atoms with Crippen molar-refractivity contribution in [3.63, 3.8) is 0 Å². The molecule has 0 aromatic carbocycles. The molecule has 0 bridgehead atoms. The van der Waals surface area contributed by atoms with E-state index in [1.807, 2.05) is 50.7 Å². The molecule has 0 atom stereocenters. The van der Waals surface area contributed by atoms with Gasteiger partial charge in [-0.15, -0.1) is 0 Å². The van der Waals surface area contributed by atoms with Crippen LogP contribution in [0.25, 0.3) is 23.2 Å². The molecule has 6 heteroatoms. The van der Waals surface area contributed by atoms with E-state index in [1.54, 1.807) is 3.97 Å². The Balaban J connectivity index is 3.03. The van der Waals surface area contributed by atoms with Crippen molar-refractivity contribution in [1.82, 2.24) is 13.9 Å². The van der Waals surface area contributed by atoms with Crippen molar-refractivity contribution in [1.29, 1.82) is 0 Å². The molecule has 106 valence electrons. The van der Waals surface area contributed by atoms with Crippen LogP contribution in [0.2, 0.25) is 0 Å². The number of fused-ring (bicyclic) bond motifs is 1. The van der Waals surface area contributed by atoms with Gasteiger partial charge in [-0.25, -0.2) is 8.96 Å². The number of thioether (sulfide) groups is 1. The molecule has 0 saturated heterocycles. The lowest BCUT2D eigenvalue weighted by Gasteiger charge is -2.05. The number of nitrogens with one attached hydrogen (secondary N) is 1. The molecule has 0 radical (unpaired) electrons. The van der Waals surface area contributed by atoms with Gasteiger partial charge in [0.15, 0.2) is 5.16 Å². The summed E-state index contributed by atoms with van der Waals surface area (Å²) in [6.07, 6.45) is 11.6.